The minimum absolute atomic E-state index is 0.170. The average Bonchev–Trinajstić information content (AvgIpc) is 2.33. The van der Waals surface area contributed by atoms with Crippen molar-refractivity contribution in [2.24, 2.45) is 0 Å². The number of aliphatic hydroxyl groups excluding tert-OH is 1. The summed E-state index contributed by atoms with van der Waals surface area (Å²) in [6.07, 6.45) is 1.32. The summed E-state index contributed by atoms with van der Waals surface area (Å²) in [6, 6.07) is 3.96. The molecule has 1 aromatic rings. The van der Waals surface area contributed by atoms with Gasteiger partial charge in [0.05, 0.1) is 6.10 Å². The van der Waals surface area contributed by atoms with E-state index in [-0.39, 0.29) is 5.54 Å². The normalized spacial score (nSPS) is 21.9. The zero-order valence-corrected chi connectivity index (χ0v) is 11.7. The van der Waals surface area contributed by atoms with Gasteiger partial charge in [0.1, 0.15) is 5.82 Å². The van der Waals surface area contributed by atoms with Gasteiger partial charge in [-0.2, -0.15) is 0 Å². The molecule has 0 aromatic carbocycles. The van der Waals surface area contributed by atoms with Gasteiger partial charge >= 0.3 is 0 Å². The molecule has 0 amide bonds. The van der Waals surface area contributed by atoms with Crippen LogP contribution in [0.1, 0.15) is 32.4 Å². The Morgan fingerprint density at radius 2 is 2.06 bits per heavy atom. The van der Waals surface area contributed by atoms with Crippen molar-refractivity contribution in [1.82, 2.24) is 9.88 Å². The number of rotatable bonds is 2. The zero-order valence-electron chi connectivity index (χ0n) is 11.7. The molecule has 1 fully saturated rings. The fourth-order valence-corrected chi connectivity index (χ4v) is 2.27. The molecule has 0 aliphatic carbocycles. The van der Waals surface area contributed by atoms with Crippen molar-refractivity contribution in [3.63, 3.8) is 0 Å². The van der Waals surface area contributed by atoms with Crippen molar-refractivity contribution in [3.05, 3.63) is 23.9 Å². The predicted molar refractivity (Wildman–Crippen MR) is 73.8 cm³/mol. The lowest BCUT2D eigenvalue weighted by Gasteiger charge is -2.45. The van der Waals surface area contributed by atoms with E-state index in [0.29, 0.717) is 0 Å². The molecule has 100 valence electrons. The van der Waals surface area contributed by atoms with Crippen molar-refractivity contribution in [1.29, 1.82) is 0 Å². The number of pyridine rings is 1. The van der Waals surface area contributed by atoms with Gasteiger partial charge in [0.15, 0.2) is 0 Å². The summed E-state index contributed by atoms with van der Waals surface area (Å²) in [5.74, 6) is 1.00. The van der Waals surface area contributed by atoms with E-state index in [2.05, 4.69) is 35.7 Å². The lowest BCUT2D eigenvalue weighted by Crippen LogP contribution is -2.57. The highest BCUT2D eigenvalue weighted by Crippen LogP contribution is 2.23. The first-order valence-corrected chi connectivity index (χ1v) is 6.50. The van der Waals surface area contributed by atoms with E-state index in [4.69, 9.17) is 0 Å². The molecule has 2 heterocycles. The summed E-state index contributed by atoms with van der Waals surface area (Å²) in [5, 5.41) is 9.48. The van der Waals surface area contributed by atoms with Gasteiger partial charge in [-0.1, -0.05) is 6.07 Å². The second-order valence-corrected chi connectivity index (χ2v) is 5.78. The summed E-state index contributed by atoms with van der Waals surface area (Å²) in [7, 11) is 2.17. The minimum Gasteiger partial charge on any atom is -0.389 e. The highest BCUT2D eigenvalue weighted by molar-refractivity contribution is 5.41. The molecule has 4 heteroatoms. The molecular weight excluding hydrogens is 226 g/mol. The molecule has 18 heavy (non-hydrogen) atoms. The topological polar surface area (TPSA) is 39.6 Å². The van der Waals surface area contributed by atoms with Crippen LogP contribution in [0.2, 0.25) is 0 Å². The third kappa shape index (κ3) is 2.65. The van der Waals surface area contributed by atoms with Crippen molar-refractivity contribution in [2.45, 2.75) is 32.4 Å². The smallest absolute Gasteiger partial charge is 0.128 e. The second-order valence-electron chi connectivity index (χ2n) is 5.78. The molecule has 1 aliphatic rings. The molecule has 0 radical (unpaired) electrons. The molecule has 1 N–H and O–H groups in total. The Labute approximate surface area is 109 Å². The summed E-state index contributed by atoms with van der Waals surface area (Å²) >= 11 is 0. The fourth-order valence-electron chi connectivity index (χ4n) is 2.27. The Morgan fingerprint density at radius 1 is 1.33 bits per heavy atom. The van der Waals surface area contributed by atoms with Gasteiger partial charge in [0, 0.05) is 31.4 Å². The summed E-state index contributed by atoms with van der Waals surface area (Å²) < 4.78 is 0. The van der Waals surface area contributed by atoms with E-state index in [1.54, 1.807) is 13.1 Å². The number of likely N-dealkylation sites (N-methyl/N-ethyl adjacent to an activating group) is 1. The second kappa shape index (κ2) is 4.86. The number of nitrogens with zero attached hydrogens (tertiary/aromatic N) is 3. The predicted octanol–water partition coefficient (Wildman–Crippen LogP) is 1.67. The summed E-state index contributed by atoms with van der Waals surface area (Å²) in [4.78, 5) is 9.16. The first kappa shape index (κ1) is 13.3. The maximum atomic E-state index is 9.48. The van der Waals surface area contributed by atoms with E-state index in [0.717, 1.165) is 31.0 Å². The Balaban J connectivity index is 2.13. The molecule has 1 aromatic heterocycles. The van der Waals surface area contributed by atoms with Crippen LogP contribution in [0.15, 0.2) is 18.3 Å². The molecule has 0 bridgehead atoms. The quantitative estimate of drug-likeness (QED) is 0.865. The lowest BCUT2D eigenvalue weighted by atomic mass is 10.00. The fraction of sp³-hybridized carbons (Fsp3) is 0.643. The van der Waals surface area contributed by atoms with E-state index in [1.165, 1.54) is 0 Å². The monoisotopic (exact) mass is 249 g/mol. The van der Waals surface area contributed by atoms with Crippen LogP contribution in [0.4, 0.5) is 5.82 Å². The number of aromatic nitrogens is 1. The van der Waals surface area contributed by atoms with E-state index in [1.807, 2.05) is 12.1 Å². The van der Waals surface area contributed by atoms with Crippen LogP contribution >= 0.6 is 0 Å². The first-order valence-electron chi connectivity index (χ1n) is 6.50. The Hall–Kier alpha value is -1.13. The average molecular weight is 249 g/mol. The molecule has 1 aliphatic heterocycles. The van der Waals surface area contributed by atoms with Gasteiger partial charge in [-0.3, -0.25) is 4.90 Å². The van der Waals surface area contributed by atoms with Gasteiger partial charge in [-0.05, 0) is 39.4 Å². The molecule has 1 saturated heterocycles. The van der Waals surface area contributed by atoms with Gasteiger partial charge in [-0.15, -0.1) is 0 Å². The molecule has 1 atom stereocenters. The summed E-state index contributed by atoms with van der Waals surface area (Å²) in [5.41, 5.74) is 1.04. The molecule has 2 rings (SSSR count). The highest BCUT2D eigenvalue weighted by atomic mass is 16.3. The van der Waals surface area contributed by atoms with Crippen LogP contribution in [0.25, 0.3) is 0 Å². The zero-order chi connectivity index (χ0) is 13.3. The first-order chi connectivity index (χ1) is 8.40. The molecule has 0 spiro atoms. The third-order valence-corrected chi connectivity index (χ3v) is 3.89. The Kier molecular flexibility index (Phi) is 3.59. The number of aliphatic hydroxyl groups is 1. The van der Waals surface area contributed by atoms with Crippen molar-refractivity contribution in [2.75, 3.05) is 31.6 Å². The van der Waals surface area contributed by atoms with Crippen LogP contribution in [0.5, 0.6) is 0 Å². The largest absolute Gasteiger partial charge is 0.389 e. The number of piperazine rings is 1. The van der Waals surface area contributed by atoms with Gasteiger partial charge in [-0.25, -0.2) is 4.98 Å². The van der Waals surface area contributed by atoms with Crippen molar-refractivity contribution < 1.29 is 5.11 Å². The van der Waals surface area contributed by atoms with Crippen LogP contribution in [0.3, 0.4) is 0 Å². The van der Waals surface area contributed by atoms with Gasteiger partial charge < -0.3 is 10.0 Å². The number of hydrogen-bond donors (Lipinski definition) is 1. The Bertz CT molecular complexity index is 400. The standard InChI is InChI=1S/C14H23N3O/c1-11(18)12-5-6-13(15-9-12)17-8-7-16(4)14(2,3)10-17/h5-6,9,11,18H,7-8,10H2,1-4H3/t11-/m0/s1. The minimum atomic E-state index is -0.449. The molecule has 0 saturated carbocycles. The molecular formula is C14H23N3O. The Morgan fingerprint density at radius 3 is 2.56 bits per heavy atom. The van der Waals surface area contributed by atoms with E-state index < -0.39 is 6.10 Å². The van der Waals surface area contributed by atoms with Crippen LogP contribution in [0, 0.1) is 0 Å². The van der Waals surface area contributed by atoms with E-state index in [9.17, 15) is 5.11 Å². The number of anilines is 1. The summed E-state index contributed by atoms with van der Waals surface area (Å²) in [6.45, 7) is 9.29. The van der Waals surface area contributed by atoms with Crippen LogP contribution < -0.4 is 4.90 Å². The van der Waals surface area contributed by atoms with Crippen LogP contribution in [-0.2, 0) is 0 Å². The van der Waals surface area contributed by atoms with Crippen molar-refractivity contribution >= 4 is 5.82 Å². The maximum absolute atomic E-state index is 9.48. The van der Waals surface area contributed by atoms with Gasteiger partial charge in [0.2, 0.25) is 0 Å². The molecule has 4 nitrogen and oxygen atoms in total. The molecule has 0 unspecified atom stereocenters. The maximum Gasteiger partial charge on any atom is 0.128 e. The van der Waals surface area contributed by atoms with Crippen LogP contribution in [-0.4, -0.2) is 47.2 Å². The third-order valence-electron chi connectivity index (χ3n) is 3.89. The number of hydrogen-bond acceptors (Lipinski definition) is 4. The van der Waals surface area contributed by atoms with Gasteiger partial charge in [0.25, 0.3) is 0 Å². The van der Waals surface area contributed by atoms with E-state index >= 15 is 0 Å². The van der Waals surface area contributed by atoms with Crippen molar-refractivity contribution in [3.8, 4) is 0 Å². The SMILES string of the molecule is C[C@H](O)c1ccc(N2CCN(C)C(C)(C)C2)nc1. The highest BCUT2D eigenvalue weighted by Gasteiger charge is 2.31. The lowest BCUT2D eigenvalue weighted by molar-refractivity contribution is 0.138.